The molecule has 0 aliphatic carbocycles. The Balaban J connectivity index is 3.32. The molecule has 6 nitrogen and oxygen atoms in total. The lowest BCUT2D eigenvalue weighted by atomic mass is 10.0. The summed E-state index contributed by atoms with van der Waals surface area (Å²) < 4.78 is 5.50. The van der Waals surface area contributed by atoms with Gasteiger partial charge in [0.2, 0.25) is 5.91 Å². The maximum atomic E-state index is 12.5. The van der Waals surface area contributed by atoms with Gasteiger partial charge in [-0.1, -0.05) is 373 Å². The summed E-state index contributed by atoms with van der Waals surface area (Å²) in [4.78, 5) is 24.6. The van der Waals surface area contributed by atoms with Crippen LogP contribution in [-0.2, 0) is 14.3 Å². The third-order valence-corrected chi connectivity index (χ3v) is 16.9. The molecule has 0 aromatic heterocycles. The van der Waals surface area contributed by atoms with Crippen molar-refractivity contribution in [1.82, 2.24) is 5.32 Å². The van der Waals surface area contributed by atoms with Crippen molar-refractivity contribution in [2.24, 2.45) is 0 Å². The number of carbonyl (C=O) groups is 2. The fraction of sp³-hybridized carbons (Fsp3) is 0.971. The van der Waals surface area contributed by atoms with E-state index >= 15 is 0 Å². The Morgan fingerprint density at radius 1 is 0.316 bits per heavy atom. The second-order valence-electron chi connectivity index (χ2n) is 24.6. The minimum atomic E-state index is -0.661. The van der Waals surface area contributed by atoms with Crippen LogP contribution in [0.5, 0.6) is 0 Å². The van der Waals surface area contributed by atoms with Gasteiger partial charge in [0.25, 0.3) is 0 Å². The fourth-order valence-corrected chi connectivity index (χ4v) is 11.5. The number of carbonyl (C=O) groups excluding carboxylic acids is 2. The Labute approximate surface area is 476 Å². The maximum Gasteiger partial charge on any atom is 0.305 e. The molecule has 3 N–H and O–H groups in total. The quantitative estimate of drug-likeness (QED) is 0.0417. The van der Waals surface area contributed by atoms with Crippen LogP contribution in [0.3, 0.4) is 0 Å². The van der Waals surface area contributed by atoms with E-state index in [4.69, 9.17) is 4.74 Å². The summed E-state index contributed by atoms with van der Waals surface area (Å²) in [5, 5.41) is 23.4. The number of ether oxygens (including phenoxy) is 1. The summed E-state index contributed by atoms with van der Waals surface area (Å²) in [6.07, 6.45) is 80.1. The van der Waals surface area contributed by atoms with E-state index in [0.29, 0.717) is 25.9 Å². The van der Waals surface area contributed by atoms with Gasteiger partial charge in [-0.05, 0) is 25.7 Å². The predicted molar refractivity (Wildman–Crippen MR) is 334 cm³/mol. The average Bonchev–Trinajstić information content (AvgIpc) is 3.42. The predicted octanol–water partition coefficient (Wildman–Crippen LogP) is 22.6. The van der Waals surface area contributed by atoms with Crippen molar-refractivity contribution in [2.75, 3.05) is 13.2 Å². The number of esters is 1. The molecule has 2 atom stereocenters. The molecule has 0 aliphatic rings. The highest BCUT2D eigenvalue weighted by atomic mass is 16.5. The van der Waals surface area contributed by atoms with E-state index in [1.165, 1.54) is 340 Å². The molecule has 454 valence electrons. The van der Waals surface area contributed by atoms with Gasteiger partial charge in [0, 0.05) is 12.8 Å². The molecule has 1 amide bonds. The zero-order valence-corrected chi connectivity index (χ0v) is 52.0. The topological polar surface area (TPSA) is 95.9 Å². The van der Waals surface area contributed by atoms with Crippen molar-refractivity contribution in [3.05, 3.63) is 0 Å². The standard InChI is InChI=1S/C70H139NO5/c1-3-5-7-9-11-13-15-17-19-35-38-42-46-50-54-58-62-68(73)67(66-72)71-69(74)63-59-55-51-47-43-39-36-32-30-28-26-24-22-20-21-23-25-27-29-31-33-37-41-45-49-53-57-61-65-76-70(75)64-60-56-52-48-44-40-34-18-16-14-12-10-8-6-4-2/h67-68,72-73H,3-66H2,1-2H3,(H,71,74). The van der Waals surface area contributed by atoms with Crippen LogP contribution in [0.15, 0.2) is 0 Å². The Morgan fingerprint density at radius 3 is 0.803 bits per heavy atom. The first kappa shape index (κ1) is 74.9. The molecule has 0 radical (unpaired) electrons. The van der Waals surface area contributed by atoms with Crippen molar-refractivity contribution in [3.63, 3.8) is 0 Å². The van der Waals surface area contributed by atoms with Crippen LogP contribution in [0, 0.1) is 0 Å². The lowest BCUT2D eigenvalue weighted by molar-refractivity contribution is -0.143. The molecule has 6 heteroatoms. The number of aliphatic hydroxyl groups excluding tert-OH is 2. The van der Waals surface area contributed by atoms with Gasteiger partial charge in [-0.2, -0.15) is 0 Å². The van der Waals surface area contributed by atoms with E-state index in [1.807, 2.05) is 0 Å². The second-order valence-corrected chi connectivity index (χ2v) is 24.6. The zero-order valence-electron chi connectivity index (χ0n) is 52.0. The van der Waals surface area contributed by atoms with Crippen molar-refractivity contribution < 1.29 is 24.5 Å². The van der Waals surface area contributed by atoms with E-state index in [0.717, 1.165) is 38.5 Å². The second kappa shape index (κ2) is 66.4. The SMILES string of the molecule is CCCCCCCCCCCCCCCCCCC(O)C(CO)NC(=O)CCCCCCCCCCCCCCCCCCCCCCCCCCCCCCOC(=O)CCCCCCCCCCCCCCCCC. The number of nitrogens with one attached hydrogen (secondary N) is 1. The first-order chi connectivity index (χ1) is 37.5. The molecule has 0 fully saturated rings. The van der Waals surface area contributed by atoms with Gasteiger partial charge >= 0.3 is 5.97 Å². The Hall–Kier alpha value is -1.14. The number of aliphatic hydroxyl groups is 2. The van der Waals surface area contributed by atoms with Crippen molar-refractivity contribution in [2.45, 2.75) is 424 Å². The van der Waals surface area contributed by atoms with Gasteiger partial charge in [-0.15, -0.1) is 0 Å². The average molecular weight is 1070 g/mol. The monoisotopic (exact) mass is 1070 g/mol. The molecule has 0 spiro atoms. The highest BCUT2D eigenvalue weighted by molar-refractivity contribution is 5.76. The summed E-state index contributed by atoms with van der Waals surface area (Å²) >= 11 is 0. The normalized spacial score (nSPS) is 12.4. The van der Waals surface area contributed by atoms with Crippen molar-refractivity contribution in [1.29, 1.82) is 0 Å². The van der Waals surface area contributed by atoms with Crippen LogP contribution < -0.4 is 5.32 Å². The number of rotatable bonds is 67. The minimum Gasteiger partial charge on any atom is -0.466 e. The molecule has 0 saturated heterocycles. The van der Waals surface area contributed by atoms with Crippen LogP contribution in [-0.4, -0.2) is 47.4 Å². The molecule has 2 unspecified atom stereocenters. The zero-order chi connectivity index (χ0) is 55.0. The molecular weight excluding hydrogens is 935 g/mol. The molecule has 0 aliphatic heterocycles. The molecule has 0 aromatic rings. The number of unbranched alkanes of at least 4 members (excludes halogenated alkanes) is 56. The lowest BCUT2D eigenvalue weighted by Gasteiger charge is -2.22. The van der Waals surface area contributed by atoms with Gasteiger partial charge in [0.05, 0.1) is 25.4 Å². The van der Waals surface area contributed by atoms with Gasteiger partial charge < -0.3 is 20.3 Å². The van der Waals surface area contributed by atoms with Crippen LogP contribution >= 0.6 is 0 Å². The van der Waals surface area contributed by atoms with Crippen LogP contribution in [0.25, 0.3) is 0 Å². The number of hydrogen-bond donors (Lipinski definition) is 3. The molecule has 76 heavy (non-hydrogen) atoms. The smallest absolute Gasteiger partial charge is 0.305 e. The van der Waals surface area contributed by atoms with Crippen LogP contribution in [0.2, 0.25) is 0 Å². The molecule has 0 bridgehead atoms. The highest BCUT2D eigenvalue weighted by Gasteiger charge is 2.20. The molecule has 0 aromatic carbocycles. The van der Waals surface area contributed by atoms with Gasteiger partial charge in [0.1, 0.15) is 0 Å². The van der Waals surface area contributed by atoms with E-state index < -0.39 is 12.1 Å². The van der Waals surface area contributed by atoms with E-state index in [9.17, 15) is 19.8 Å². The van der Waals surface area contributed by atoms with Gasteiger partial charge in [-0.3, -0.25) is 9.59 Å². The molecule has 0 heterocycles. The molecular formula is C70H139NO5. The summed E-state index contributed by atoms with van der Waals surface area (Å²) in [5.74, 6) is -0.00470. The molecule has 0 rings (SSSR count). The number of amides is 1. The summed E-state index contributed by atoms with van der Waals surface area (Å²) in [6.45, 7) is 5.00. The Kier molecular flexibility index (Phi) is 65.4. The fourth-order valence-electron chi connectivity index (χ4n) is 11.5. The third kappa shape index (κ3) is 62.1. The van der Waals surface area contributed by atoms with E-state index in [1.54, 1.807) is 0 Å². The lowest BCUT2D eigenvalue weighted by Crippen LogP contribution is -2.45. The summed E-state index contributed by atoms with van der Waals surface area (Å²) in [6, 6.07) is -0.538. The van der Waals surface area contributed by atoms with Crippen LogP contribution in [0.4, 0.5) is 0 Å². The first-order valence-corrected chi connectivity index (χ1v) is 35.3. The first-order valence-electron chi connectivity index (χ1n) is 35.3. The summed E-state index contributed by atoms with van der Waals surface area (Å²) in [7, 11) is 0. The minimum absolute atomic E-state index is 0.0230. The molecule has 0 saturated carbocycles. The summed E-state index contributed by atoms with van der Waals surface area (Å²) in [5.41, 5.74) is 0. The largest absolute Gasteiger partial charge is 0.466 e. The van der Waals surface area contributed by atoms with E-state index in [2.05, 4.69) is 19.2 Å². The van der Waals surface area contributed by atoms with Gasteiger partial charge in [0.15, 0.2) is 0 Å². The number of hydrogen-bond acceptors (Lipinski definition) is 5. The van der Waals surface area contributed by atoms with Crippen LogP contribution in [0.1, 0.15) is 412 Å². The van der Waals surface area contributed by atoms with Gasteiger partial charge in [-0.25, -0.2) is 0 Å². The third-order valence-electron chi connectivity index (χ3n) is 16.9. The van der Waals surface area contributed by atoms with Crippen molar-refractivity contribution >= 4 is 11.9 Å². The maximum absolute atomic E-state index is 12.5. The highest BCUT2D eigenvalue weighted by Crippen LogP contribution is 2.20. The Bertz CT molecular complexity index is 1100. The van der Waals surface area contributed by atoms with Crippen molar-refractivity contribution in [3.8, 4) is 0 Å². The van der Waals surface area contributed by atoms with E-state index in [-0.39, 0.29) is 18.5 Å². The Morgan fingerprint density at radius 2 is 0.539 bits per heavy atom.